The van der Waals surface area contributed by atoms with Gasteiger partial charge in [0.05, 0.1) is 5.69 Å². The van der Waals surface area contributed by atoms with Crippen molar-refractivity contribution in [2.45, 2.75) is 33.2 Å². The van der Waals surface area contributed by atoms with E-state index < -0.39 is 0 Å². The van der Waals surface area contributed by atoms with Gasteiger partial charge in [0.15, 0.2) is 0 Å². The number of carbonyl (C=O) groups excluding carboxylic acids is 1. The van der Waals surface area contributed by atoms with Gasteiger partial charge in [0.25, 0.3) is 0 Å². The quantitative estimate of drug-likeness (QED) is 0.747. The van der Waals surface area contributed by atoms with E-state index in [2.05, 4.69) is 16.8 Å². The summed E-state index contributed by atoms with van der Waals surface area (Å²) in [6.45, 7) is 8.05. The van der Waals surface area contributed by atoms with Crippen LogP contribution in [0.25, 0.3) is 0 Å². The summed E-state index contributed by atoms with van der Waals surface area (Å²) in [5.74, 6) is 0. The van der Waals surface area contributed by atoms with E-state index in [1.165, 1.54) is 0 Å². The number of ether oxygens (including phenoxy) is 1. The molecule has 1 aromatic heterocycles. The minimum atomic E-state index is -0.238. The molecule has 0 bridgehead atoms. The number of nitrogens with zero attached hydrogens (tertiary/aromatic N) is 2. The van der Waals surface area contributed by atoms with Crippen LogP contribution in [0.5, 0.6) is 0 Å². The van der Waals surface area contributed by atoms with Crippen LogP contribution in [0.15, 0.2) is 18.2 Å². The minimum Gasteiger partial charge on any atom is -0.381 e. The maximum Gasteiger partial charge on any atom is 0.127 e. The van der Waals surface area contributed by atoms with Crippen LogP contribution < -0.4 is 0 Å². The van der Waals surface area contributed by atoms with Crippen LogP contribution in [0.2, 0.25) is 0 Å². The molecule has 1 aromatic rings. The fraction of sp³-hybridized carbons (Fsp3) is 0.625. The van der Waals surface area contributed by atoms with Crippen molar-refractivity contribution in [3.8, 4) is 0 Å². The Morgan fingerprint density at radius 3 is 2.75 bits per heavy atom. The lowest BCUT2D eigenvalue weighted by molar-refractivity contribution is -0.123. The number of pyridine rings is 1. The molecule has 1 aliphatic rings. The molecule has 0 amide bonds. The van der Waals surface area contributed by atoms with E-state index in [-0.39, 0.29) is 5.41 Å². The smallest absolute Gasteiger partial charge is 0.127 e. The molecule has 20 heavy (non-hydrogen) atoms. The molecular formula is C16H24N2O2. The van der Waals surface area contributed by atoms with E-state index in [1.54, 1.807) is 0 Å². The minimum absolute atomic E-state index is 0.238. The molecule has 1 aliphatic heterocycles. The molecule has 0 aromatic carbocycles. The van der Waals surface area contributed by atoms with E-state index in [9.17, 15) is 4.79 Å². The molecule has 0 atom stereocenters. The summed E-state index contributed by atoms with van der Waals surface area (Å²) < 4.78 is 5.39. The third kappa shape index (κ3) is 3.87. The van der Waals surface area contributed by atoms with Crippen LogP contribution in [-0.2, 0) is 16.1 Å². The normalized spacial score (nSPS) is 18.1. The zero-order chi connectivity index (χ0) is 14.4. The summed E-state index contributed by atoms with van der Waals surface area (Å²) in [5, 5.41) is 0. The van der Waals surface area contributed by atoms with Crippen molar-refractivity contribution in [3.63, 3.8) is 0 Å². The van der Waals surface area contributed by atoms with Crippen LogP contribution in [0, 0.1) is 12.3 Å². The second-order valence-electron chi connectivity index (χ2n) is 5.67. The van der Waals surface area contributed by atoms with Crippen molar-refractivity contribution in [2.75, 3.05) is 26.3 Å². The summed E-state index contributed by atoms with van der Waals surface area (Å²) >= 11 is 0. The average Bonchev–Trinajstić information content (AvgIpc) is 2.47. The van der Waals surface area contributed by atoms with Crippen molar-refractivity contribution in [1.82, 2.24) is 9.88 Å². The average molecular weight is 276 g/mol. The molecule has 1 saturated heterocycles. The molecular weight excluding hydrogens is 252 g/mol. The summed E-state index contributed by atoms with van der Waals surface area (Å²) in [6.07, 6.45) is 2.80. The zero-order valence-corrected chi connectivity index (χ0v) is 12.5. The number of aromatic nitrogens is 1. The second-order valence-corrected chi connectivity index (χ2v) is 5.67. The third-order valence-electron chi connectivity index (χ3n) is 4.06. The number of hydrogen-bond donors (Lipinski definition) is 0. The summed E-state index contributed by atoms with van der Waals surface area (Å²) in [5.41, 5.74) is 1.87. The predicted molar refractivity (Wildman–Crippen MR) is 78.5 cm³/mol. The van der Waals surface area contributed by atoms with Crippen LogP contribution in [0.3, 0.4) is 0 Å². The molecule has 0 saturated carbocycles. The van der Waals surface area contributed by atoms with Gasteiger partial charge in [0.1, 0.15) is 6.29 Å². The Hall–Kier alpha value is -1.26. The maximum atomic E-state index is 11.5. The first-order chi connectivity index (χ1) is 9.67. The van der Waals surface area contributed by atoms with Gasteiger partial charge in [-0.05, 0) is 38.4 Å². The number of rotatable bonds is 6. The first-order valence-corrected chi connectivity index (χ1v) is 7.36. The van der Waals surface area contributed by atoms with Gasteiger partial charge in [-0.3, -0.25) is 9.88 Å². The summed E-state index contributed by atoms with van der Waals surface area (Å²) in [7, 11) is 0. The highest BCUT2D eigenvalue weighted by atomic mass is 16.5. The maximum absolute atomic E-state index is 11.5. The zero-order valence-electron chi connectivity index (χ0n) is 12.5. The standard InChI is InChI=1S/C16H24N2O2/c1-3-18(11-15-6-4-5-14(2)17-15)12-16(13-19)7-9-20-10-8-16/h4-6,13H,3,7-12H2,1-2H3. The summed E-state index contributed by atoms with van der Waals surface area (Å²) in [6, 6.07) is 6.09. The number of aryl methyl sites for hydroxylation is 1. The number of aldehydes is 1. The van der Waals surface area contributed by atoms with Crippen LogP contribution >= 0.6 is 0 Å². The number of hydrogen-bond acceptors (Lipinski definition) is 4. The SMILES string of the molecule is CCN(Cc1cccc(C)n1)CC1(C=O)CCOCC1. The van der Waals surface area contributed by atoms with Crippen molar-refractivity contribution in [1.29, 1.82) is 0 Å². The van der Waals surface area contributed by atoms with Gasteiger partial charge < -0.3 is 9.53 Å². The number of carbonyl (C=O) groups is 1. The molecule has 0 radical (unpaired) electrons. The van der Waals surface area contributed by atoms with Gasteiger partial charge >= 0.3 is 0 Å². The fourth-order valence-electron chi connectivity index (χ4n) is 2.73. The van der Waals surface area contributed by atoms with E-state index in [0.29, 0.717) is 13.2 Å². The van der Waals surface area contributed by atoms with E-state index in [0.717, 1.165) is 50.1 Å². The Kier molecular flexibility index (Phi) is 5.26. The first kappa shape index (κ1) is 15.1. The molecule has 4 heteroatoms. The molecule has 0 spiro atoms. The Bertz CT molecular complexity index is 442. The highest BCUT2D eigenvalue weighted by Crippen LogP contribution is 2.29. The van der Waals surface area contributed by atoms with Gasteiger partial charge in [-0.25, -0.2) is 0 Å². The molecule has 0 N–H and O–H groups in total. The predicted octanol–water partition coefficient (Wildman–Crippen LogP) is 2.21. The monoisotopic (exact) mass is 276 g/mol. The van der Waals surface area contributed by atoms with Crippen molar-refractivity contribution < 1.29 is 9.53 Å². The van der Waals surface area contributed by atoms with Crippen LogP contribution in [-0.4, -0.2) is 42.5 Å². The molecule has 2 rings (SSSR count). The molecule has 1 fully saturated rings. The van der Waals surface area contributed by atoms with Crippen LogP contribution in [0.4, 0.5) is 0 Å². The van der Waals surface area contributed by atoms with Gasteiger partial charge in [-0.2, -0.15) is 0 Å². The van der Waals surface area contributed by atoms with Gasteiger partial charge in [0.2, 0.25) is 0 Å². The lowest BCUT2D eigenvalue weighted by Crippen LogP contribution is -2.42. The summed E-state index contributed by atoms with van der Waals surface area (Å²) in [4.78, 5) is 18.4. The molecule has 0 aliphatic carbocycles. The van der Waals surface area contributed by atoms with Crippen molar-refractivity contribution >= 4 is 6.29 Å². The van der Waals surface area contributed by atoms with Crippen molar-refractivity contribution in [2.24, 2.45) is 5.41 Å². The van der Waals surface area contributed by atoms with E-state index >= 15 is 0 Å². The lowest BCUT2D eigenvalue weighted by Gasteiger charge is -2.36. The van der Waals surface area contributed by atoms with Crippen LogP contribution in [0.1, 0.15) is 31.2 Å². The third-order valence-corrected chi connectivity index (χ3v) is 4.06. The van der Waals surface area contributed by atoms with Gasteiger partial charge in [-0.1, -0.05) is 13.0 Å². The van der Waals surface area contributed by atoms with Crippen molar-refractivity contribution in [3.05, 3.63) is 29.6 Å². The largest absolute Gasteiger partial charge is 0.381 e. The van der Waals surface area contributed by atoms with Gasteiger partial charge in [-0.15, -0.1) is 0 Å². The fourth-order valence-corrected chi connectivity index (χ4v) is 2.73. The highest BCUT2D eigenvalue weighted by Gasteiger charge is 2.34. The highest BCUT2D eigenvalue weighted by molar-refractivity contribution is 5.60. The Morgan fingerprint density at radius 1 is 1.40 bits per heavy atom. The first-order valence-electron chi connectivity index (χ1n) is 7.36. The molecule has 0 unspecified atom stereocenters. The second kappa shape index (κ2) is 6.95. The Balaban J connectivity index is 2.02. The molecule has 4 nitrogen and oxygen atoms in total. The topological polar surface area (TPSA) is 42.4 Å². The molecule has 110 valence electrons. The Labute approximate surface area is 121 Å². The lowest BCUT2D eigenvalue weighted by atomic mass is 9.81. The van der Waals surface area contributed by atoms with Gasteiger partial charge in [0, 0.05) is 37.4 Å². The Morgan fingerprint density at radius 2 is 2.15 bits per heavy atom. The molecule has 2 heterocycles. The van der Waals surface area contributed by atoms with E-state index in [4.69, 9.17) is 4.74 Å². The van der Waals surface area contributed by atoms with E-state index in [1.807, 2.05) is 25.1 Å².